The normalized spacial score (nSPS) is 16.7. The minimum Gasteiger partial charge on any atom is -0.364 e. The number of fused-ring (bicyclic) bond motifs is 1. The van der Waals surface area contributed by atoms with E-state index in [0.717, 1.165) is 16.7 Å². The fourth-order valence-electron chi connectivity index (χ4n) is 5.47. The second-order valence-electron chi connectivity index (χ2n) is 9.75. The molecule has 1 aliphatic heterocycles. The SMILES string of the molecule is [C-]#[N+]c1ccc2c(n1)c(N1CCN(C(c3ccc(F)cc3)c3cccc(C)c3)[C@H](C)C1)c(C#N)c(=O)n2C. The number of piperazine rings is 1. The van der Waals surface area contributed by atoms with Gasteiger partial charge in [0.2, 0.25) is 5.52 Å². The molecular formula is C30H27FN6O. The van der Waals surface area contributed by atoms with Gasteiger partial charge in [-0.2, -0.15) is 5.26 Å². The van der Waals surface area contributed by atoms with Crippen LogP contribution in [0.5, 0.6) is 0 Å². The molecule has 4 aromatic rings. The van der Waals surface area contributed by atoms with Crippen molar-refractivity contribution in [3.63, 3.8) is 0 Å². The maximum atomic E-state index is 13.8. The van der Waals surface area contributed by atoms with Gasteiger partial charge in [0.05, 0.1) is 11.6 Å². The van der Waals surface area contributed by atoms with E-state index < -0.39 is 0 Å². The van der Waals surface area contributed by atoms with Crippen LogP contribution in [0, 0.1) is 30.6 Å². The Bertz CT molecular complexity index is 1660. The van der Waals surface area contributed by atoms with Gasteiger partial charge in [-0.1, -0.05) is 48.5 Å². The molecule has 0 amide bonds. The van der Waals surface area contributed by atoms with Crippen LogP contribution in [0.25, 0.3) is 15.9 Å². The zero-order valence-electron chi connectivity index (χ0n) is 21.5. The number of hydrogen-bond acceptors (Lipinski definition) is 5. The summed E-state index contributed by atoms with van der Waals surface area (Å²) in [6.45, 7) is 13.3. The van der Waals surface area contributed by atoms with Crippen LogP contribution in [0.4, 0.5) is 15.9 Å². The summed E-state index contributed by atoms with van der Waals surface area (Å²) in [6, 6.07) is 20.3. The van der Waals surface area contributed by atoms with Crippen LogP contribution < -0.4 is 10.5 Å². The summed E-state index contributed by atoms with van der Waals surface area (Å²) in [5.74, 6) is -0.0637. The first-order chi connectivity index (χ1) is 18.3. The number of benzene rings is 2. The largest absolute Gasteiger partial charge is 0.364 e. The lowest BCUT2D eigenvalue weighted by Gasteiger charge is -2.45. The maximum absolute atomic E-state index is 13.8. The molecule has 0 spiro atoms. The van der Waals surface area contributed by atoms with E-state index in [1.54, 1.807) is 19.2 Å². The van der Waals surface area contributed by atoms with E-state index in [9.17, 15) is 14.4 Å². The number of nitriles is 1. The molecule has 38 heavy (non-hydrogen) atoms. The van der Waals surface area contributed by atoms with Gasteiger partial charge >= 0.3 is 0 Å². The van der Waals surface area contributed by atoms with Crippen molar-refractivity contribution in [2.24, 2.45) is 7.05 Å². The van der Waals surface area contributed by atoms with Crippen LogP contribution in [0.1, 0.15) is 35.2 Å². The van der Waals surface area contributed by atoms with E-state index in [-0.39, 0.29) is 34.8 Å². The van der Waals surface area contributed by atoms with Crippen LogP contribution in [0.2, 0.25) is 0 Å². The Morgan fingerprint density at radius 1 is 1.13 bits per heavy atom. The number of pyridine rings is 2. The highest BCUT2D eigenvalue weighted by Gasteiger charge is 2.34. The lowest BCUT2D eigenvalue weighted by atomic mass is 9.93. The average molecular weight is 507 g/mol. The minimum atomic E-state index is -0.383. The molecule has 1 aliphatic rings. The van der Waals surface area contributed by atoms with Crippen molar-refractivity contribution < 1.29 is 4.39 Å². The Hall–Kier alpha value is -4.53. The van der Waals surface area contributed by atoms with Gasteiger partial charge in [-0.15, -0.1) is 4.98 Å². The van der Waals surface area contributed by atoms with Gasteiger partial charge in [0.15, 0.2) is 0 Å². The predicted molar refractivity (Wildman–Crippen MR) is 146 cm³/mol. The molecule has 1 saturated heterocycles. The zero-order chi connectivity index (χ0) is 27.0. The molecule has 2 atom stereocenters. The van der Waals surface area contributed by atoms with Gasteiger partial charge in [-0.05, 0) is 49.2 Å². The van der Waals surface area contributed by atoms with E-state index in [4.69, 9.17) is 6.57 Å². The summed E-state index contributed by atoms with van der Waals surface area (Å²) in [5.41, 5.74) is 4.45. The molecule has 0 radical (unpaired) electrons. The first-order valence-corrected chi connectivity index (χ1v) is 12.5. The molecule has 7 nitrogen and oxygen atoms in total. The molecule has 0 N–H and O–H groups in total. The Kier molecular flexibility index (Phi) is 6.67. The third-order valence-electron chi connectivity index (χ3n) is 7.30. The van der Waals surface area contributed by atoms with Gasteiger partial charge < -0.3 is 14.3 Å². The third-order valence-corrected chi connectivity index (χ3v) is 7.30. The summed E-state index contributed by atoms with van der Waals surface area (Å²) in [4.78, 5) is 25.5. The Morgan fingerprint density at radius 2 is 1.89 bits per heavy atom. The number of nitrogens with zero attached hydrogens (tertiary/aromatic N) is 6. The van der Waals surface area contributed by atoms with Crippen LogP contribution in [0.3, 0.4) is 0 Å². The number of aromatic nitrogens is 2. The van der Waals surface area contributed by atoms with Crippen molar-refractivity contribution in [1.82, 2.24) is 14.5 Å². The Balaban J connectivity index is 1.57. The summed E-state index contributed by atoms with van der Waals surface area (Å²) in [6.07, 6.45) is 0. The van der Waals surface area contributed by atoms with Gasteiger partial charge in [-0.25, -0.2) is 4.39 Å². The van der Waals surface area contributed by atoms with E-state index in [1.807, 2.05) is 23.1 Å². The Morgan fingerprint density at radius 3 is 2.55 bits per heavy atom. The standard InChI is InChI=1S/C30H27FN6O/c1-19-6-5-7-22(16-19)28(21-8-10-23(31)11-9-21)37-15-14-36(18-20(37)2)29-24(17-32)30(38)35(4)25-12-13-26(33-3)34-27(25)29/h5-13,16,20,28H,14-15,18H2,1-2,4H3/t20-,28?/m1/s1. The van der Waals surface area contributed by atoms with Crippen LogP contribution in [-0.4, -0.2) is 40.1 Å². The molecule has 2 aromatic heterocycles. The van der Waals surface area contributed by atoms with Crippen LogP contribution >= 0.6 is 0 Å². The lowest BCUT2D eigenvalue weighted by molar-refractivity contribution is 0.150. The van der Waals surface area contributed by atoms with Gasteiger partial charge in [-0.3, -0.25) is 9.69 Å². The second-order valence-corrected chi connectivity index (χ2v) is 9.75. The molecule has 8 heteroatoms. The second kappa shape index (κ2) is 10.1. The molecule has 0 aliphatic carbocycles. The number of halogens is 1. The highest BCUT2D eigenvalue weighted by atomic mass is 19.1. The monoisotopic (exact) mass is 506 g/mol. The topological polar surface area (TPSA) is 69.5 Å². The summed E-state index contributed by atoms with van der Waals surface area (Å²) >= 11 is 0. The molecule has 190 valence electrons. The van der Waals surface area contributed by atoms with Crippen molar-refractivity contribution in [1.29, 1.82) is 5.26 Å². The summed E-state index contributed by atoms with van der Waals surface area (Å²) in [5, 5.41) is 9.97. The summed E-state index contributed by atoms with van der Waals surface area (Å²) in [7, 11) is 1.62. The average Bonchev–Trinajstić information content (AvgIpc) is 2.92. The molecular weight excluding hydrogens is 479 g/mol. The highest BCUT2D eigenvalue weighted by molar-refractivity contribution is 5.92. The van der Waals surface area contributed by atoms with Crippen LogP contribution in [0.15, 0.2) is 65.5 Å². The van der Waals surface area contributed by atoms with Crippen molar-refractivity contribution in [3.05, 3.63) is 111 Å². The first kappa shape index (κ1) is 25.1. The zero-order valence-corrected chi connectivity index (χ0v) is 21.5. The van der Waals surface area contributed by atoms with E-state index in [1.165, 1.54) is 16.7 Å². The third kappa shape index (κ3) is 4.40. The van der Waals surface area contributed by atoms with Gasteiger partial charge in [0.25, 0.3) is 11.4 Å². The number of aryl methyl sites for hydroxylation is 2. The number of rotatable bonds is 4. The molecule has 3 heterocycles. The van der Waals surface area contributed by atoms with E-state index >= 15 is 0 Å². The molecule has 0 saturated carbocycles. The molecule has 0 bridgehead atoms. The smallest absolute Gasteiger partial charge is 0.271 e. The van der Waals surface area contributed by atoms with Crippen molar-refractivity contribution in [3.8, 4) is 6.07 Å². The molecule has 2 aromatic carbocycles. The van der Waals surface area contributed by atoms with Gasteiger partial charge in [0, 0.05) is 32.7 Å². The number of anilines is 1. The predicted octanol–water partition coefficient (Wildman–Crippen LogP) is 5.10. The van der Waals surface area contributed by atoms with Crippen molar-refractivity contribution in [2.45, 2.75) is 25.9 Å². The van der Waals surface area contributed by atoms with E-state index in [0.29, 0.717) is 36.4 Å². The highest BCUT2D eigenvalue weighted by Crippen LogP contribution is 2.35. The van der Waals surface area contributed by atoms with E-state index in [2.05, 4.69) is 52.8 Å². The molecule has 5 rings (SSSR count). The molecule has 1 unspecified atom stereocenters. The minimum absolute atomic E-state index is 0.0222. The number of hydrogen-bond donors (Lipinski definition) is 0. The van der Waals surface area contributed by atoms with Crippen molar-refractivity contribution in [2.75, 3.05) is 24.5 Å². The quantitative estimate of drug-likeness (QED) is 0.360. The van der Waals surface area contributed by atoms with Crippen LogP contribution in [-0.2, 0) is 7.05 Å². The first-order valence-electron chi connectivity index (χ1n) is 12.5. The summed E-state index contributed by atoms with van der Waals surface area (Å²) < 4.78 is 15.2. The lowest BCUT2D eigenvalue weighted by Crippen LogP contribution is -2.53. The van der Waals surface area contributed by atoms with Gasteiger partial charge in [0.1, 0.15) is 23.1 Å². The Labute approximate surface area is 220 Å². The van der Waals surface area contributed by atoms with Crippen molar-refractivity contribution >= 4 is 22.5 Å². The fraction of sp³-hybridized carbons (Fsp3) is 0.267. The fourth-order valence-corrected chi connectivity index (χ4v) is 5.47. The molecule has 1 fully saturated rings. The maximum Gasteiger partial charge on any atom is 0.271 e.